The number of aryl methyl sites for hydroxylation is 2. The quantitative estimate of drug-likeness (QED) is 0.499. The van der Waals surface area contributed by atoms with Crippen molar-refractivity contribution in [1.29, 1.82) is 0 Å². The van der Waals surface area contributed by atoms with Crippen molar-refractivity contribution in [3.63, 3.8) is 0 Å². The number of nitrogens with two attached hydrogens (primary N) is 1. The number of thiazole rings is 1. The Morgan fingerprint density at radius 1 is 1.33 bits per heavy atom. The summed E-state index contributed by atoms with van der Waals surface area (Å²) >= 11 is 1.79. The molecule has 5 heteroatoms. The van der Waals surface area contributed by atoms with Crippen LogP contribution in [-0.4, -0.2) is 23.5 Å². The van der Waals surface area contributed by atoms with Crippen LogP contribution >= 0.6 is 11.3 Å². The molecule has 1 aliphatic carbocycles. The van der Waals surface area contributed by atoms with Gasteiger partial charge in [-0.3, -0.25) is 4.99 Å². The topological polar surface area (TPSA) is 63.3 Å². The molecule has 2 rings (SSSR count). The second-order valence-corrected chi connectivity index (χ2v) is 7.10. The van der Waals surface area contributed by atoms with Gasteiger partial charge in [0.25, 0.3) is 0 Å². The van der Waals surface area contributed by atoms with E-state index < -0.39 is 0 Å². The normalized spacial score (nSPS) is 17.7. The molecule has 1 heterocycles. The van der Waals surface area contributed by atoms with Gasteiger partial charge < -0.3 is 11.1 Å². The number of guanidine groups is 1. The molecule has 0 radical (unpaired) electrons. The van der Waals surface area contributed by atoms with Gasteiger partial charge in [-0.15, -0.1) is 11.3 Å². The lowest BCUT2D eigenvalue weighted by Gasteiger charge is -2.16. The van der Waals surface area contributed by atoms with Gasteiger partial charge in [0.1, 0.15) is 0 Å². The first-order valence-electron chi connectivity index (χ1n) is 8.20. The highest BCUT2D eigenvalue weighted by Gasteiger charge is 2.12. The van der Waals surface area contributed by atoms with Crippen LogP contribution in [0.3, 0.4) is 0 Å². The van der Waals surface area contributed by atoms with Crippen molar-refractivity contribution < 1.29 is 0 Å². The number of aromatic nitrogens is 1. The van der Waals surface area contributed by atoms with Crippen molar-refractivity contribution in [3.05, 3.63) is 15.6 Å². The highest BCUT2D eigenvalue weighted by molar-refractivity contribution is 7.11. The van der Waals surface area contributed by atoms with E-state index in [4.69, 9.17) is 5.73 Å². The lowest BCUT2D eigenvalue weighted by Crippen LogP contribution is -2.40. The van der Waals surface area contributed by atoms with Crippen molar-refractivity contribution in [1.82, 2.24) is 10.3 Å². The van der Waals surface area contributed by atoms with E-state index in [1.807, 2.05) is 0 Å². The predicted molar refractivity (Wildman–Crippen MR) is 91.0 cm³/mol. The predicted octanol–water partition coefficient (Wildman–Crippen LogP) is 3.18. The summed E-state index contributed by atoms with van der Waals surface area (Å²) in [6, 6.07) is 0.519. The van der Waals surface area contributed by atoms with E-state index >= 15 is 0 Å². The molecule has 0 saturated heterocycles. The molecule has 1 aromatic heterocycles. The van der Waals surface area contributed by atoms with Gasteiger partial charge in [-0.2, -0.15) is 0 Å². The van der Waals surface area contributed by atoms with Crippen LogP contribution in [0.15, 0.2) is 4.99 Å². The smallest absolute Gasteiger partial charge is 0.188 e. The zero-order valence-corrected chi connectivity index (χ0v) is 14.1. The van der Waals surface area contributed by atoms with Gasteiger partial charge in [-0.25, -0.2) is 4.98 Å². The Morgan fingerprint density at radius 2 is 2.05 bits per heavy atom. The Kier molecular flexibility index (Phi) is 6.49. The third-order valence-corrected chi connectivity index (χ3v) is 5.16. The van der Waals surface area contributed by atoms with Crippen LogP contribution in [0.2, 0.25) is 0 Å². The maximum atomic E-state index is 6.00. The molecule has 21 heavy (non-hydrogen) atoms. The molecular formula is C16H28N4S. The van der Waals surface area contributed by atoms with Crippen molar-refractivity contribution in [2.45, 2.75) is 71.3 Å². The lowest BCUT2D eigenvalue weighted by molar-refractivity contribution is 0.530. The number of aliphatic imine (C=N–C) groups is 1. The summed E-state index contributed by atoms with van der Waals surface area (Å²) in [5.41, 5.74) is 7.23. The third-order valence-electron chi connectivity index (χ3n) is 4.09. The molecule has 0 aliphatic heterocycles. The fraction of sp³-hybridized carbons (Fsp3) is 0.750. The fourth-order valence-corrected chi connectivity index (χ4v) is 3.88. The molecular weight excluding hydrogens is 280 g/mol. The minimum Gasteiger partial charge on any atom is -0.370 e. The molecule has 4 nitrogen and oxygen atoms in total. The summed E-state index contributed by atoms with van der Waals surface area (Å²) in [6.45, 7) is 5.02. The second kappa shape index (κ2) is 8.37. The maximum absolute atomic E-state index is 6.00. The first-order valence-corrected chi connectivity index (χ1v) is 9.02. The summed E-state index contributed by atoms with van der Waals surface area (Å²) < 4.78 is 0. The minimum absolute atomic E-state index is 0.519. The first kappa shape index (κ1) is 16.3. The Balaban J connectivity index is 1.77. The van der Waals surface area contributed by atoms with Gasteiger partial charge in [-0.05, 0) is 26.2 Å². The Bertz CT molecular complexity index is 459. The second-order valence-electron chi connectivity index (χ2n) is 5.81. The maximum Gasteiger partial charge on any atom is 0.188 e. The van der Waals surface area contributed by atoms with Gasteiger partial charge in [0.15, 0.2) is 5.96 Å². The fourth-order valence-electron chi connectivity index (χ4n) is 2.87. The van der Waals surface area contributed by atoms with Crippen molar-refractivity contribution in [3.8, 4) is 0 Å². The molecule has 1 saturated carbocycles. The number of nitrogens with one attached hydrogen (secondary N) is 1. The van der Waals surface area contributed by atoms with Gasteiger partial charge in [-0.1, -0.05) is 32.6 Å². The molecule has 1 aromatic rings. The van der Waals surface area contributed by atoms with E-state index in [-0.39, 0.29) is 0 Å². The summed E-state index contributed by atoms with van der Waals surface area (Å²) in [6.07, 6.45) is 9.68. The van der Waals surface area contributed by atoms with Crippen LogP contribution < -0.4 is 11.1 Å². The number of hydrogen-bond acceptors (Lipinski definition) is 3. The Hall–Kier alpha value is -1.10. The monoisotopic (exact) mass is 308 g/mol. The molecule has 1 fully saturated rings. The van der Waals surface area contributed by atoms with Crippen molar-refractivity contribution in [2.24, 2.45) is 10.7 Å². The van der Waals surface area contributed by atoms with Crippen LogP contribution in [-0.2, 0) is 12.8 Å². The number of hydrogen-bond donors (Lipinski definition) is 2. The van der Waals surface area contributed by atoms with Crippen molar-refractivity contribution >= 4 is 17.3 Å². The van der Waals surface area contributed by atoms with Crippen LogP contribution in [0, 0.1) is 6.92 Å². The van der Waals surface area contributed by atoms with E-state index in [0.29, 0.717) is 12.0 Å². The van der Waals surface area contributed by atoms with Gasteiger partial charge >= 0.3 is 0 Å². The molecule has 118 valence electrons. The molecule has 0 bridgehead atoms. The average Bonchev–Trinajstić information content (AvgIpc) is 2.65. The van der Waals surface area contributed by atoms with Crippen LogP contribution in [0.1, 0.15) is 61.0 Å². The molecule has 0 atom stereocenters. The van der Waals surface area contributed by atoms with E-state index in [2.05, 4.69) is 29.1 Å². The summed E-state index contributed by atoms with van der Waals surface area (Å²) in [4.78, 5) is 10.4. The average molecular weight is 308 g/mol. The van der Waals surface area contributed by atoms with Gasteiger partial charge in [0.2, 0.25) is 0 Å². The minimum atomic E-state index is 0.519. The van der Waals surface area contributed by atoms with Crippen molar-refractivity contribution in [2.75, 3.05) is 6.54 Å². The Morgan fingerprint density at radius 3 is 2.67 bits per heavy atom. The highest BCUT2D eigenvalue weighted by Crippen LogP contribution is 2.18. The molecule has 0 aromatic carbocycles. The third kappa shape index (κ3) is 5.30. The van der Waals surface area contributed by atoms with Gasteiger partial charge in [0.05, 0.1) is 10.7 Å². The SMILES string of the molecule is CCc1nc(CCN=C(N)NC2CCCCCC2)sc1C. The van der Waals surface area contributed by atoms with E-state index in [0.717, 1.165) is 19.4 Å². The molecule has 3 N–H and O–H groups in total. The van der Waals surface area contributed by atoms with E-state index in [9.17, 15) is 0 Å². The summed E-state index contributed by atoms with van der Waals surface area (Å²) in [5, 5.41) is 4.56. The van der Waals surface area contributed by atoms with Crippen LogP contribution in [0.25, 0.3) is 0 Å². The Labute approximate surface area is 132 Å². The zero-order valence-electron chi connectivity index (χ0n) is 13.3. The molecule has 0 spiro atoms. The first-order chi connectivity index (χ1) is 10.2. The lowest BCUT2D eigenvalue weighted by atomic mass is 10.1. The van der Waals surface area contributed by atoms with E-state index in [1.54, 1.807) is 11.3 Å². The molecule has 1 aliphatic rings. The van der Waals surface area contributed by atoms with Crippen LogP contribution in [0.5, 0.6) is 0 Å². The standard InChI is InChI=1S/C16H28N4S/c1-3-14-12(2)21-15(20-14)10-11-18-16(17)19-13-8-6-4-5-7-9-13/h13H,3-11H2,1-2H3,(H3,17,18,19). The number of nitrogens with zero attached hydrogens (tertiary/aromatic N) is 2. The van der Waals surface area contributed by atoms with Gasteiger partial charge in [0, 0.05) is 23.9 Å². The molecule has 0 unspecified atom stereocenters. The zero-order chi connectivity index (χ0) is 15.1. The number of rotatable bonds is 5. The summed E-state index contributed by atoms with van der Waals surface area (Å²) in [5.74, 6) is 0.603. The molecule has 0 amide bonds. The van der Waals surface area contributed by atoms with Crippen LogP contribution in [0.4, 0.5) is 0 Å². The summed E-state index contributed by atoms with van der Waals surface area (Å²) in [7, 11) is 0. The largest absolute Gasteiger partial charge is 0.370 e. The van der Waals surface area contributed by atoms with E-state index in [1.165, 1.54) is 54.1 Å². The highest BCUT2D eigenvalue weighted by atomic mass is 32.1.